The Morgan fingerprint density at radius 3 is 2.05 bits per heavy atom. The molecule has 1 unspecified atom stereocenters. The highest BCUT2D eigenvalue weighted by Gasteiger charge is 2.19. The second-order valence-electron chi connectivity index (χ2n) is 4.64. The molecule has 0 aliphatic carbocycles. The fourth-order valence-corrected chi connectivity index (χ4v) is 2.17. The largest absolute Gasteiger partial charge is 0.497 e. The van der Waals surface area contributed by atoms with Crippen LogP contribution in [0.15, 0.2) is 48.5 Å². The molecule has 2 aromatic rings. The van der Waals surface area contributed by atoms with Gasteiger partial charge in [0.2, 0.25) is 0 Å². The Balaban J connectivity index is 2.24. The average Bonchev–Trinajstić information content (AvgIpc) is 2.53. The van der Waals surface area contributed by atoms with Gasteiger partial charge in [-0.3, -0.25) is 4.79 Å². The van der Waals surface area contributed by atoms with Crippen molar-refractivity contribution in [2.75, 3.05) is 7.11 Å². The fraction of sp³-hybridized carbons (Fsp3) is 0.176. The van der Waals surface area contributed by atoms with E-state index in [1.165, 1.54) is 0 Å². The van der Waals surface area contributed by atoms with E-state index >= 15 is 0 Å². The highest BCUT2D eigenvalue weighted by molar-refractivity contribution is 5.79. The van der Waals surface area contributed by atoms with Gasteiger partial charge in [0.05, 0.1) is 13.0 Å². The maximum Gasteiger partial charge on any atom is 0.311 e. The van der Waals surface area contributed by atoms with Gasteiger partial charge in [0.25, 0.3) is 0 Å². The number of carboxylic acid groups (broad SMARTS) is 1. The first-order valence-electron chi connectivity index (χ1n) is 6.56. The summed E-state index contributed by atoms with van der Waals surface area (Å²) in [5.74, 6) is -0.987. The Labute approximate surface area is 123 Å². The maximum absolute atomic E-state index is 11.1. The van der Waals surface area contributed by atoms with Crippen LogP contribution in [0.1, 0.15) is 17.9 Å². The van der Waals surface area contributed by atoms with Crippen molar-refractivity contribution in [1.82, 2.24) is 0 Å². The van der Waals surface area contributed by atoms with Gasteiger partial charge in [0.15, 0.2) is 0 Å². The third-order valence-electron chi connectivity index (χ3n) is 3.37. The van der Waals surface area contributed by atoms with Crippen molar-refractivity contribution in [1.29, 1.82) is 0 Å². The monoisotopic (exact) mass is 284 g/mol. The minimum absolute atomic E-state index is 0.0167. The molecular formula is C17H16O4. The Kier molecular flexibility index (Phi) is 4.72. The van der Waals surface area contributed by atoms with Crippen LogP contribution in [-0.2, 0) is 9.59 Å². The third kappa shape index (κ3) is 3.48. The lowest BCUT2D eigenvalue weighted by molar-refractivity contribution is -0.139. The van der Waals surface area contributed by atoms with E-state index in [1.54, 1.807) is 19.2 Å². The highest BCUT2D eigenvalue weighted by atomic mass is 16.5. The number of hydrogen-bond acceptors (Lipinski definition) is 3. The second kappa shape index (κ2) is 6.70. The number of rotatable bonds is 6. The number of carboxylic acids is 1. The first-order chi connectivity index (χ1) is 10.2. The normalized spacial score (nSPS) is 11.7. The van der Waals surface area contributed by atoms with Gasteiger partial charge in [-0.2, -0.15) is 0 Å². The molecule has 0 spiro atoms. The first kappa shape index (κ1) is 14.8. The summed E-state index contributed by atoms with van der Waals surface area (Å²) in [5.41, 5.74) is 2.63. The molecule has 0 aromatic heterocycles. The molecule has 4 nitrogen and oxygen atoms in total. The van der Waals surface area contributed by atoms with Gasteiger partial charge in [-0.05, 0) is 28.8 Å². The van der Waals surface area contributed by atoms with Crippen LogP contribution < -0.4 is 4.74 Å². The standard InChI is InChI=1S/C17H16O4/c1-21-15-8-6-13(7-9-15)12-2-4-14(5-3-12)16(10-11-18)17(19)20/h2-9,11,16H,10H2,1H3,(H,19,20). The van der Waals surface area contributed by atoms with Crippen LogP contribution in [0.4, 0.5) is 0 Å². The number of carbonyl (C=O) groups excluding carboxylic acids is 1. The van der Waals surface area contributed by atoms with Gasteiger partial charge < -0.3 is 14.6 Å². The molecule has 0 aliphatic heterocycles. The number of aldehydes is 1. The van der Waals surface area contributed by atoms with E-state index in [1.807, 2.05) is 36.4 Å². The number of methoxy groups -OCH3 is 1. The minimum atomic E-state index is -0.987. The van der Waals surface area contributed by atoms with Gasteiger partial charge in [0.1, 0.15) is 12.0 Å². The Hall–Kier alpha value is -2.62. The van der Waals surface area contributed by atoms with E-state index in [4.69, 9.17) is 9.84 Å². The molecule has 108 valence electrons. The van der Waals surface area contributed by atoms with Gasteiger partial charge in [-0.25, -0.2) is 0 Å². The number of aliphatic carboxylic acids is 1. The van der Waals surface area contributed by atoms with E-state index in [0.717, 1.165) is 16.9 Å². The molecule has 0 amide bonds. The van der Waals surface area contributed by atoms with E-state index in [-0.39, 0.29) is 6.42 Å². The van der Waals surface area contributed by atoms with Crippen LogP contribution >= 0.6 is 0 Å². The Morgan fingerprint density at radius 1 is 1.10 bits per heavy atom. The zero-order valence-corrected chi connectivity index (χ0v) is 11.7. The predicted octanol–water partition coefficient (Wildman–Crippen LogP) is 3.12. The van der Waals surface area contributed by atoms with Crippen molar-refractivity contribution in [2.24, 2.45) is 0 Å². The van der Waals surface area contributed by atoms with Crippen molar-refractivity contribution in [2.45, 2.75) is 12.3 Å². The van der Waals surface area contributed by atoms with Gasteiger partial charge in [-0.1, -0.05) is 36.4 Å². The van der Waals surface area contributed by atoms with E-state index in [9.17, 15) is 9.59 Å². The summed E-state index contributed by atoms with van der Waals surface area (Å²) in [6, 6.07) is 14.8. The molecule has 0 radical (unpaired) electrons. The van der Waals surface area contributed by atoms with Gasteiger partial charge >= 0.3 is 5.97 Å². The quantitative estimate of drug-likeness (QED) is 0.828. The predicted molar refractivity (Wildman–Crippen MR) is 79.5 cm³/mol. The molecule has 0 heterocycles. The maximum atomic E-state index is 11.1. The van der Waals surface area contributed by atoms with E-state index in [2.05, 4.69) is 0 Å². The highest BCUT2D eigenvalue weighted by Crippen LogP contribution is 2.25. The summed E-state index contributed by atoms with van der Waals surface area (Å²) in [4.78, 5) is 21.7. The van der Waals surface area contributed by atoms with Crippen molar-refractivity contribution in [3.05, 3.63) is 54.1 Å². The summed E-state index contributed by atoms with van der Waals surface area (Å²) >= 11 is 0. The fourth-order valence-electron chi connectivity index (χ4n) is 2.17. The van der Waals surface area contributed by atoms with Crippen molar-refractivity contribution >= 4 is 12.3 Å². The molecule has 4 heteroatoms. The molecule has 0 saturated heterocycles. The topological polar surface area (TPSA) is 63.6 Å². The minimum Gasteiger partial charge on any atom is -0.497 e. The van der Waals surface area contributed by atoms with Gasteiger partial charge in [0, 0.05) is 6.42 Å². The SMILES string of the molecule is COc1ccc(-c2ccc(C(CC=O)C(=O)O)cc2)cc1. The smallest absolute Gasteiger partial charge is 0.311 e. The third-order valence-corrected chi connectivity index (χ3v) is 3.37. The van der Waals surface area contributed by atoms with Crippen LogP contribution in [0.5, 0.6) is 5.75 Å². The number of ether oxygens (including phenoxy) is 1. The summed E-state index contributed by atoms with van der Waals surface area (Å²) in [7, 11) is 1.61. The molecular weight excluding hydrogens is 268 g/mol. The molecule has 1 atom stereocenters. The Bertz CT molecular complexity index is 614. The molecule has 0 aliphatic rings. The molecule has 0 fully saturated rings. The van der Waals surface area contributed by atoms with Gasteiger partial charge in [-0.15, -0.1) is 0 Å². The molecule has 21 heavy (non-hydrogen) atoms. The summed E-state index contributed by atoms with van der Waals surface area (Å²) in [6.45, 7) is 0. The van der Waals surface area contributed by atoms with Crippen LogP contribution in [0, 0.1) is 0 Å². The molecule has 2 aromatic carbocycles. The molecule has 0 bridgehead atoms. The molecule has 0 saturated carbocycles. The molecule has 1 N–H and O–H groups in total. The number of benzene rings is 2. The number of carbonyl (C=O) groups is 2. The van der Waals surface area contributed by atoms with Crippen LogP contribution in [0.3, 0.4) is 0 Å². The summed E-state index contributed by atoms with van der Waals surface area (Å²) < 4.78 is 5.11. The average molecular weight is 284 g/mol. The van der Waals surface area contributed by atoms with Crippen molar-refractivity contribution < 1.29 is 19.4 Å². The lowest BCUT2D eigenvalue weighted by Gasteiger charge is -2.10. The van der Waals surface area contributed by atoms with Crippen LogP contribution in [0.25, 0.3) is 11.1 Å². The van der Waals surface area contributed by atoms with Crippen LogP contribution in [-0.4, -0.2) is 24.5 Å². The van der Waals surface area contributed by atoms with Crippen molar-refractivity contribution in [3.63, 3.8) is 0 Å². The zero-order valence-electron chi connectivity index (χ0n) is 11.7. The summed E-state index contributed by atoms with van der Waals surface area (Å²) in [5, 5.41) is 9.13. The summed E-state index contributed by atoms with van der Waals surface area (Å²) in [6.07, 6.45) is 0.618. The zero-order chi connectivity index (χ0) is 15.2. The Morgan fingerprint density at radius 2 is 1.62 bits per heavy atom. The lowest BCUT2D eigenvalue weighted by Crippen LogP contribution is -2.11. The van der Waals surface area contributed by atoms with E-state index < -0.39 is 11.9 Å². The molecule has 2 rings (SSSR count). The van der Waals surface area contributed by atoms with Crippen molar-refractivity contribution in [3.8, 4) is 16.9 Å². The van der Waals surface area contributed by atoms with E-state index in [0.29, 0.717) is 11.8 Å². The lowest BCUT2D eigenvalue weighted by atomic mass is 9.94. The van der Waals surface area contributed by atoms with Crippen LogP contribution in [0.2, 0.25) is 0 Å². The first-order valence-corrected chi connectivity index (χ1v) is 6.56. The number of hydrogen-bond donors (Lipinski definition) is 1. The second-order valence-corrected chi connectivity index (χ2v) is 4.64.